The Labute approximate surface area is 164 Å². The first-order valence-electron chi connectivity index (χ1n) is 7.94. The molecule has 0 fully saturated rings. The van der Waals surface area contributed by atoms with Crippen molar-refractivity contribution in [3.05, 3.63) is 29.3 Å². The first kappa shape index (κ1) is 18.6. The number of unbranched alkanes of at least 4 members (excludes halogenated alkanes) is 2. The molecule has 0 amide bonds. The topological polar surface area (TPSA) is 15.8 Å². The van der Waals surface area contributed by atoms with Gasteiger partial charge >= 0.3 is 0 Å². The minimum atomic E-state index is 1.25. The van der Waals surface area contributed by atoms with E-state index in [2.05, 4.69) is 54.7 Å². The van der Waals surface area contributed by atoms with Crippen LogP contribution in [0.15, 0.2) is 39.1 Å². The second kappa shape index (κ2) is 9.53. The zero-order valence-corrected chi connectivity index (χ0v) is 18.2. The normalized spacial score (nSPS) is 17.5. The number of hydrogen-bond donors (Lipinski definition) is 1. The van der Waals surface area contributed by atoms with Gasteiger partial charge in [-0.2, -0.15) is 0 Å². The number of nitrogens with one attached hydrogen (secondary N) is 1. The molecule has 1 aromatic rings. The van der Waals surface area contributed by atoms with Crippen molar-refractivity contribution in [3.8, 4) is 0 Å². The fraction of sp³-hybridized carbons (Fsp3) is 0.500. The van der Waals surface area contributed by atoms with E-state index in [0.717, 1.165) is 0 Å². The fourth-order valence-corrected chi connectivity index (χ4v) is 10.8. The van der Waals surface area contributed by atoms with E-state index in [1.807, 2.05) is 47.0 Å². The number of fused-ring (bicyclic) bond motifs is 1. The highest BCUT2D eigenvalue weighted by atomic mass is 32.3. The molecule has 0 aliphatic carbocycles. The van der Waals surface area contributed by atoms with Crippen LogP contribution in [0.3, 0.4) is 0 Å². The molecule has 2 aliphatic heterocycles. The Morgan fingerprint density at radius 2 is 1.26 bits per heavy atom. The minimum absolute atomic E-state index is 1.25. The summed E-state index contributed by atoms with van der Waals surface area (Å²) in [5, 5.41) is 0. The highest BCUT2D eigenvalue weighted by Gasteiger charge is 2.29. The summed E-state index contributed by atoms with van der Waals surface area (Å²) in [6.45, 7) is 4.55. The van der Waals surface area contributed by atoms with E-state index in [-0.39, 0.29) is 0 Å². The van der Waals surface area contributed by atoms with Crippen molar-refractivity contribution in [2.24, 2.45) is 0 Å². The molecule has 1 aromatic heterocycles. The van der Waals surface area contributed by atoms with Crippen molar-refractivity contribution in [2.75, 3.05) is 11.5 Å². The molecule has 0 bridgehead atoms. The van der Waals surface area contributed by atoms with E-state index in [1.165, 1.54) is 55.5 Å². The molecular weight excluding hydrogens is 399 g/mol. The number of rotatable bonds is 8. The van der Waals surface area contributed by atoms with Crippen LogP contribution in [0.5, 0.6) is 0 Å². The van der Waals surface area contributed by atoms with Gasteiger partial charge in [0.15, 0.2) is 0 Å². The van der Waals surface area contributed by atoms with Gasteiger partial charge in [0.1, 0.15) is 0 Å². The van der Waals surface area contributed by atoms with Crippen molar-refractivity contribution in [1.29, 1.82) is 0 Å². The van der Waals surface area contributed by atoms with Crippen molar-refractivity contribution in [3.63, 3.8) is 0 Å². The molecule has 0 atom stereocenters. The molecule has 0 unspecified atom stereocenters. The van der Waals surface area contributed by atoms with Crippen LogP contribution in [0.1, 0.15) is 39.5 Å². The third-order valence-electron chi connectivity index (χ3n) is 3.24. The summed E-state index contributed by atoms with van der Waals surface area (Å²) in [5.74, 6) is 2.50. The standard InChI is InChI=1S/C16H21NS6/c1-3-5-7-18-13-14(19-8-6-4-2)23-16(22-13)15-20-11-9-17-10-12(11)21-15/h9-10,17H,3-8H2,1-2H3. The first-order chi connectivity index (χ1) is 11.3. The van der Waals surface area contributed by atoms with Gasteiger partial charge in [-0.05, 0) is 24.3 Å². The van der Waals surface area contributed by atoms with Crippen molar-refractivity contribution < 1.29 is 0 Å². The SMILES string of the molecule is CCCCSC1=C(SCCCC)SC(=C2Sc3c[nH]cc3S2)S1. The lowest BCUT2D eigenvalue weighted by molar-refractivity contribution is 0.897. The van der Waals surface area contributed by atoms with E-state index >= 15 is 0 Å². The Balaban J connectivity index is 1.66. The predicted octanol–water partition coefficient (Wildman–Crippen LogP) is 8.01. The molecule has 2 aliphatic rings. The van der Waals surface area contributed by atoms with Gasteiger partial charge in [0.25, 0.3) is 0 Å². The molecule has 7 heteroatoms. The maximum absolute atomic E-state index is 3.20. The van der Waals surface area contributed by atoms with E-state index in [1.54, 1.807) is 8.47 Å². The van der Waals surface area contributed by atoms with E-state index in [9.17, 15) is 0 Å². The summed E-state index contributed by atoms with van der Waals surface area (Å²) < 4.78 is 6.06. The van der Waals surface area contributed by atoms with Gasteiger partial charge in [0.05, 0.1) is 16.9 Å². The van der Waals surface area contributed by atoms with Crippen molar-refractivity contribution in [2.45, 2.75) is 49.3 Å². The molecule has 0 saturated carbocycles. The lowest BCUT2D eigenvalue weighted by atomic mass is 10.4. The lowest BCUT2D eigenvalue weighted by Crippen LogP contribution is -1.80. The molecule has 3 heterocycles. The van der Waals surface area contributed by atoms with Gasteiger partial charge in [0, 0.05) is 22.2 Å². The molecular formula is C16H21NS6. The van der Waals surface area contributed by atoms with E-state index < -0.39 is 0 Å². The zero-order chi connectivity index (χ0) is 16.1. The first-order valence-corrected chi connectivity index (χ1v) is 13.2. The van der Waals surface area contributed by atoms with Crippen LogP contribution in [0.2, 0.25) is 0 Å². The average Bonchev–Trinajstić information content (AvgIpc) is 3.22. The van der Waals surface area contributed by atoms with Crippen molar-refractivity contribution >= 4 is 70.6 Å². The second-order valence-corrected chi connectivity index (χ2v) is 12.5. The predicted molar refractivity (Wildman–Crippen MR) is 116 cm³/mol. The summed E-state index contributed by atoms with van der Waals surface area (Å²) in [6.07, 6.45) is 9.43. The second-order valence-electron chi connectivity index (χ2n) is 5.15. The monoisotopic (exact) mass is 419 g/mol. The largest absolute Gasteiger partial charge is 0.366 e. The number of aromatic nitrogens is 1. The zero-order valence-electron chi connectivity index (χ0n) is 13.3. The van der Waals surface area contributed by atoms with Crippen LogP contribution in [0, 0.1) is 0 Å². The highest BCUT2D eigenvalue weighted by Crippen LogP contribution is 2.64. The number of aromatic amines is 1. The molecule has 126 valence electrons. The van der Waals surface area contributed by atoms with E-state index in [0.29, 0.717) is 0 Å². The lowest BCUT2D eigenvalue weighted by Gasteiger charge is -2.03. The summed E-state index contributed by atoms with van der Waals surface area (Å²) in [6, 6.07) is 0. The molecule has 3 rings (SSSR count). The molecule has 1 N–H and O–H groups in total. The van der Waals surface area contributed by atoms with Crippen LogP contribution in [0.4, 0.5) is 0 Å². The number of hydrogen-bond acceptors (Lipinski definition) is 6. The Hall–Kier alpha value is 0.860. The maximum Gasteiger partial charge on any atom is 0.0717 e. The summed E-state index contributed by atoms with van der Waals surface area (Å²) >= 11 is 12.0. The Morgan fingerprint density at radius 3 is 1.74 bits per heavy atom. The molecule has 0 aromatic carbocycles. The minimum Gasteiger partial charge on any atom is -0.366 e. The molecule has 0 radical (unpaired) electrons. The van der Waals surface area contributed by atoms with Crippen LogP contribution in [0.25, 0.3) is 0 Å². The number of H-pyrrole nitrogens is 1. The average molecular weight is 420 g/mol. The molecule has 0 saturated heterocycles. The Bertz CT molecular complexity index is 557. The van der Waals surface area contributed by atoms with Crippen molar-refractivity contribution in [1.82, 2.24) is 4.98 Å². The molecule has 0 spiro atoms. The maximum atomic E-state index is 3.20. The van der Waals surface area contributed by atoms with Gasteiger partial charge in [-0.25, -0.2) is 0 Å². The van der Waals surface area contributed by atoms with E-state index in [4.69, 9.17) is 0 Å². The van der Waals surface area contributed by atoms with Crippen LogP contribution < -0.4 is 0 Å². The smallest absolute Gasteiger partial charge is 0.0717 e. The summed E-state index contributed by atoms with van der Waals surface area (Å²) in [5.41, 5.74) is 0. The molecule has 23 heavy (non-hydrogen) atoms. The van der Waals surface area contributed by atoms with Crippen LogP contribution in [-0.2, 0) is 0 Å². The fourth-order valence-electron chi connectivity index (χ4n) is 1.95. The number of thioether (sulfide) groups is 6. The van der Waals surface area contributed by atoms with Gasteiger partial charge in [-0.15, -0.1) is 23.5 Å². The van der Waals surface area contributed by atoms with Gasteiger partial charge in [-0.3, -0.25) is 0 Å². The van der Waals surface area contributed by atoms with Gasteiger partial charge < -0.3 is 4.98 Å². The summed E-state index contributed by atoms with van der Waals surface area (Å²) in [4.78, 5) is 5.96. The molecule has 1 nitrogen and oxygen atoms in total. The Morgan fingerprint density at radius 1 is 0.783 bits per heavy atom. The third-order valence-corrected chi connectivity index (χ3v) is 12.0. The van der Waals surface area contributed by atoms with Crippen LogP contribution >= 0.6 is 70.6 Å². The van der Waals surface area contributed by atoms with Crippen LogP contribution in [-0.4, -0.2) is 16.5 Å². The quantitative estimate of drug-likeness (QED) is 0.426. The summed E-state index contributed by atoms with van der Waals surface area (Å²) in [7, 11) is 0. The van der Waals surface area contributed by atoms with Gasteiger partial charge in [-0.1, -0.05) is 73.7 Å². The third kappa shape index (κ3) is 4.94. The van der Waals surface area contributed by atoms with Gasteiger partial charge in [0.2, 0.25) is 0 Å². The highest BCUT2D eigenvalue weighted by molar-refractivity contribution is 8.42. The Kier molecular flexibility index (Phi) is 7.72.